The first-order chi connectivity index (χ1) is 7.69. The molecule has 0 saturated heterocycles. The fraction of sp³-hybridized carbons (Fsp3) is 0.182. The smallest absolute Gasteiger partial charge is 0.290 e. The van der Waals surface area contributed by atoms with Crippen LogP contribution in [0.1, 0.15) is 5.56 Å². The lowest BCUT2D eigenvalue weighted by atomic mass is 10.1. The van der Waals surface area contributed by atoms with Crippen LogP contribution in [0.25, 0.3) is 11.4 Å². The van der Waals surface area contributed by atoms with Crippen molar-refractivity contribution >= 4 is 11.8 Å². The molecule has 5 heteroatoms. The Morgan fingerprint density at radius 3 is 2.50 bits per heavy atom. The zero-order valence-corrected chi connectivity index (χ0v) is 9.84. The summed E-state index contributed by atoms with van der Waals surface area (Å²) in [4.78, 5) is 21.9. The average Bonchev–Trinajstić information content (AvgIpc) is 2.29. The van der Waals surface area contributed by atoms with E-state index in [9.17, 15) is 4.79 Å². The van der Waals surface area contributed by atoms with Gasteiger partial charge < -0.3 is 0 Å². The molecular weight excluding hydrogens is 222 g/mol. The number of nitrogens with one attached hydrogen (secondary N) is 1. The van der Waals surface area contributed by atoms with E-state index in [1.165, 1.54) is 17.3 Å². The highest BCUT2D eigenvalue weighted by molar-refractivity contribution is 7.98. The minimum Gasteiger partial charge on any atom is -0.290 e. The summed E-state index contributed by atoms with van der Waals surface area (Å²) in [5, 5.41) is 0.485. The minimum absolute atomic E-state index is 0.366. The van der Waals surface area contributed by atoms with Crippen molar-refractivity contribution in [1.82, 2.24) is 15.0 Å². The van der Waals surface area contributed by atoms with E-state index in [-0.39, 0.29) is 5.69 Å². The number of aromatic nitrogens is 3. The molecule has 0 bridgehead atoms. The second-order valence-corrected chi connectivity index (χ2v) is 4.13. The van der Waals surface area contributed by atoms with Crippen LogP contribution in [0.2, 0.25) is 0 Å². The van der Waals surface area contributed by atoms with Crippen LogP contribution in [0.15, 0.2) is 34.2 Å². The molecule has 0 fully saturated rings. The quantitative estimate of drug-likeness (QED) is 0.804. The third-order valence-electron chi connectivity index (χ3n) is 2.14. The van der Waals surface area contributed by atoms with Gasteiger partial charge in [0.1, 0.15) is 5.82 Å². The third kappa shape index (κ3) is 2.30. The monoisotopic (exact) mass is 233 g/mol. The highest BCUT2D eigenvalue weighted by Gasteiger charge is 2.03. The van der Waals surface area contributed by atoms with Gasteiger partial charge in [0.15, 0.2) is 5.16 Å². The molecule has 1 N–H and O–H groups in total. The van der Waals surface area contributed by atoms with Gasteiger partial charge in [-0.1, -0.05) is 41.6 Å². The van der Waals surface area contributed by atoms with E-state index >= 15 is 0 Å². The largest absolute Gasteiger partial charge is 0.349 e. The van der Waals surface area contributed by atoms with Gasteiger partial charge in [-0.2, -0.15) is 4.98 Å². The molecule has 0 radical (unpaired) electrons. The van der Waals surface area contributed by atoms with Crippen molar-refractivity contribution in [3.8, 4) is 11.4 Å². The summed E-state index contributed by atoms with van der Waals surface area (Å²) in [5.41, 5.74) is 1.69. The molecule has 0 amide bonds. The molecule has 1 aromatic carbocycles. The van der Waals surface area contributed by atoms with E-state index in [0.29, 0.717) is 11.0 Å². The fourth-order valence-electron chi connectivity index (χ4n) is 1.30. The third-order valence-corrected chi connectivity index (χ3v) is 2.69. The standard InChI is InChI=1S/C11H11N3OS/c1-7-3-5-8(6-4-7)9-12-10(15)14-11(13-9)16-2/h3-6H,1-2H3,(H,12,13,14,15). The van der Waals surface area contributed by atoms with Crippen LogP contribution < -0.4 is 5.69 Å². The Morgan fingerprint density at radius 2 is 1.88 bits per heavy atom. The summed E-state index contributed by atoms with van der Waals surface area (Å²) >= 11 is 1.35. The van der Waals surface area contributed by atoms with Crippen molar-refractivity contribution in [2.45, 2.75) is 12.1 Å². The fourth-order valence-corrected chi connectivity index (χ4v) is 1.66. The normalized spacial score (nSPS) is 10.4. The summed E-state index contributed by atoms with van der Waals surface area (Å²) in [7, 11) is 0. The maximum Gasteiger partial charge on any atom is 0.349 e. The number of hydrogen-bond donors (Lipinski definition) is 1. The number of hydrogen-bond acceptors (Lipinski definition) is 4. The predicted octanol–water partition coefficient (Wildman–Crippen LogP) is 1.86. The molecule has 0 saturated carbocycles. The SMILES string of the molecule is CSc1nc(-c2ccc(C)cc2)[nH]c(=O)n1. The van der Waals surface area contributed by atoms with Crippen LogP contribution >= 0.6 is 11.8 Å². The predicted molar refractivity (Wildman–Crippen MR) is 64.6 cm³/mol. The maximum absolute atomic E-state index is 11.3. The van der Waals surface area contributed by atoms with E-state index in [4.69, 9.17) is 0 Å². The molecule has 0 aliphatic heterocycles. The number of rotatable bonds is 2. The number of aryl methyl sites for hydroxylation is 1. The highest BCUT2D eigenvalue weighted by atomic mass is 32.2. The van der Waals surface area contributed by atoms with E-state index in [2.05, 4.69) is 15.0 Å². The molecule has 2 rings (SSSR count). The van der Waals surface area contributed by atoms with Crippen LogP contribution in [-0.2, 0) is 0 Å². The van der Waals surface area contributed by atoms with Gasteiger partial charge in [-0.15, -0.1) is 0 Å². The number of thioether (sulfide) groups is 1. The van der Waals surface area contributed by atoms with E-state index in [0.717, 1.165) is 5.56 Å². The summed E-state index contributed by atoms with van der Waals surface area (Å²) < 4.78 is 0. The molecule has 4 nitrogen and oxygen atoms in total. The van der Waals surface area contributed by atoms with Gasteiger partial charge in [0.2, 0.25) is 0 Å². The van der Waals surface area contributed by atoms with Gasteiger partial charge in [-0.05, 0) is 13.2 Å². The van der Waals surface area contributed by atoms with Gasteiger partial charge in [0.25, 0.3) is 0 Å². The maximum atomic E-state index is 11.3. The molecule has 0 aliphatic rings. The molecule has 2 aromatic rings. The van der Waals surface area contributed by atoms with Crippen LogP contribution in [0.4, 0.5) is 0 Å². The Balaban J connectivity index is 2.51. The minimum atomic E-state index is -0.366. The molecule has 0 atom stereocenters. The lowest BCUT2D eigenvalue weighted by molar-refractivity contribution is 0.872. The van der Waals surface area contributed by atoms with Crippen LogP contribution in [0, 0.1) is 6.92 Å². The summed E-state index contributed by atoms with van der Waals surface area (Å²) in [6.45, 7) is 2.01. The summed E-state index contributed by atoms with van der Waals surface area (Å²) in [6, 6.07) is 7.82. The van der Waals surface area contributed by atoms with Crippen molar-refractivity contribution in [3.05, 3.63) is 40.3 Å². The average molecular weight is 233 g/mol. The molecular formula is C11H11N3OS. The van der Waals surface area contributed by atoms with Crippen molar-refractivity contribution in [2.75, 3.05) is 6.26 Å². The van der Waals surface area contributed by atoms with Crippen molar-refractivity contribution in [3.63, 3.8) is 0 Å². The van der Waals surface area contributed by atoms with Gasteiger partial charge >= 0.3 is 5.69 Å². The zero-order valence-electron chi connectivity index (χ0n) is 9.02. The molecule has 0 spiro atoms. The molecule has 0 aliphatic carbocycles. The van der Waals surface area contributed by atoms with Gasteiger partial charge in [-0.25, -0.2) is 9.78 Å². The Hall–Kier alpha value is -1.62. The second kappa shape index (κ2) is 4.49. The number of H-pyrrole nitrogens is 1. The topological polar surface area (TPSA) is 58.6 Å². The summed E-state index contributed by atoms with van der Waals surface area (Å²) in [6.07, 6.45) is 1.84. The Bertz CT molecular complexity index is 548. The second-order valence-electron chi connectivity index (χ2n) is 3.36. The number of benzene rings is 1. The zero-order chi connectivity index (χ0) is 11.5. The van der Waals surface area contributed by atoms with Crippen LogP contribution in [0.3, 0.4) is 0 Å². The Morgan fingerprint density at radius 1 is 1.19 bits per heavy atom. The number of aromatic amines is 1. The van der Waals surface area contributed by atoms with Crippen LogP contribution in [-0.4, -0.2) is 21.2 Å². The molecule has 16 heavy (non-hydrogen) atoms. The first-order valence-corrected chi connectivity index (χ1v) is 6.01. The molecule has 1 aromatic heterocycles. The lowest BCUT2D eigenvalue weighted by Crippen LogP contribution is -2.13. The Labute approximate surface area is 97.2 Å². The summed E-state index contributed by atoms with van der Waals surface area (Å²) in [5.74, 6) is 0.560. The highest BCUT2D eigenvalue weighted by Crippen LogP contribution is 2.15. The molecule has 82 valence electrons. The van der Waals surface area contributed by atoms with E-state index in [1.807, 2.05) is 37.4 Å². The molecule has 1 heterocycles. The van der Waals surface area contributed by atoms with Gasteiger partial charge in [-0.3, -0.25) is 4.98 Å². The lowest BCUT2D eigenvalue weighted by Gasteiger charge is -2.02. The first kappa shape index (κ1) is 10.9. The van der Waals surface area contributed by atoms with Crippen LogP contribution in [0.5, 0.6) is 0 Å². The van der Waals surface area contributed by atoms with Gasteiger partial charge in [0.05, 0.1) is 0 Å². The number of nitrogens with zero attached hydrogens (tertiary/aromatic N) is 2. The van der Waals surface area contributed by atoms with E-state index in [1.54, 1.807) is 0 Å². The van der Waals surface area contributed by atoms with E-state index < -0.39 is 0 Å². The van der Waals surface area contributed by atoms with Crippen molar-refractivity contribution in [1.29, 1.82) is 0 Å². The Kier molecular flexibility index (Phi) is 3.05. The molecule has 0 unspecified atom stereocenters. The van der Waals surface area contributed by atoms with Gasteiger partial charge in [0, 0.05) is 5.56 Å². The first-order valence-electron chi connectivity index (χ1n) is 4.78. The van der Waals surface area contributed by atoms with Crippen molar-refractivity contribution < 1.29 is 0 Å². The van der Waals surface area contributed by atoms with Crippen molar-refractivity contribution in [2.24, 2.45) is 0 Å².